The van der Waals surface area contributed by atoms with Crippen LogP contribution in [-0.4, -0.2) is 84.0 Å². The average molecular weight is 546 g/mol. The molecule has 4 atom stereocenters. The van der Waals surface area contributed by atoms with Gasteiger partial charge in [-0.3, -0.25) is 9.69 Å². The van der Waals surface area contributed by atoms with E-state index in [0.717, 1.165) is 43.5 Å². The molecule has 0 bridgehead atoms. The van der Waals surface area contributed by atoms with Gasteiger partial charge in [-0.15, -0.1) is 0 Å². The molecular weight excluding hydrogens is 506 g/mol. The molecule has 4 aliphatic rings. The van der Waals surface area contributed by atoms with Gasteiger partial charge in [-0.05, 0) is 88.3 Å². The SMILES string of the molecule is COC(=O)C[C@](O)(CCCC(C)(C)O)C(=O)OC1C(OC)=C[C@]23CCCN2CCc2cc4c(cc2C13)OCO4. The number of fused-ring (bicyclic) bond motifs is 3. The minimum atomic E-state index is -2.12. The summed E-state index contributed by atoms with van der Waals surface area (Å²) in [6, 6.07) is 4.00. The maximum Gasteiger partial charge on any atom is 0.339 e. The number of benzene rings is 1. The quantitative estimate of drug-likeness (QED) is 0.448. The van der Waals surface area contributed by atoms with Gasteiger partial charge in [0.2, 0.25) is 6.79 Å². The van der Waals surface area contributed by atoms with Crippen LogP contribution >= 0.6 is 0 Å². The fourth-order valence-corrected chi connectivity index (χ4v) is 6.71. The van der Waals surface area contributed by atoms with Gasteiger partial charge < -0.3 is 33.9 Å². The summed E-state index contributed by atoms with van der Waals surface area (Å²) in [7, 11) is 2.76. The van der Waals surface area contributed by atoms with Crippen LogP contribution in [0, 0.1) is 0 Å². The minimum absolute atomic E-state index is 0.0686. The molecule has 214 valence electrons. The summed E-state index contributed by atoms with van der Waals surface area (Å²) in [5, 5.41) is 21.6. The molecule has 2 unspecified atom stereocenters. The number of nitrogens with zero attached hydrogens (tertiary/aromatic N) is 1. The molecule has 1 aromatic carbocycles. The van der Waals surface area contributed by atoms with Crippen molar-refractivity contribution in [3.8, 4) is 11.5 Å². The Morgan fingerprint density at radius 2 is 1.87 bits per heavy atom. The Morgan fingerprint density at radius 3 is 2.56 bits per heavy atom. The predicted molar refractivity (Wildman–Crippen MR) is 139 cm³/mol. The number of rotatable bonds is 9. The Bertz CT molecular complexity index is 1160. The van der Waals surface area contributed by atoms with Gasteiger partial charge in [-0.1, -0.05) is 0 Å². The third-order valence-corrected chi connectivity index (χ3v) is 8.62. The van der Waals surface area contributed by atoms with Crippen LogP contribution in [0.2, 0.25) is 0 Å². The van der Waals surface area contributed by atoms with E-state index in [1.165, 1.54) is 7.11 Å². The van der Waals surface area contributed by atoms with E-state index in [4.69, 9.17) is 23.7 Å². The first-order valence-electron chi connectivity index (χ1n) is 13.7. The number of aliphatic hydroxyl groups is 2. The topological polar surface area (TPSA) is 124 Å². The molecule has 5 rings (SSSR count). The molecule has 1 spiro atoms. The lowest BCUT2D eigenvalue weighted by Crippen LogP contribution is -2.49. The lowest BCUT2D eigenvalue weighted by Gasteiger charge is -2.39. The zero-order valence-corrected chi connectivity index (χ0v) is 23.2. The Morgan fingerprint density at radius 1 is 1.13 bits per heavy atom. The standard InChI is InChI=1S/C29H39NO9/c1-27(2,33)8-5-10-29(34,16-23(31)36-4)26(32)39-25-22(35-3)15-28-9-6-11-30(28)12-7-18-13-20-21(38-17-37-20)14-19(18)24(25)28/h13-15,24-25,33-34H,5-12,16-17H2,1-4H3/t24?,25?,28-,29+/m0/s1. The minimum Gasteiger partial charge on any atom is -0.497 e. The molecule has 3 heterocycles. The maximum absolute atomic E-state index is 13.8. The van der Waals surface area contributed by atoms with Crippen molar-refractivity contribution in [1.29, 1.82) is 0 Å². The third-order valence-electron chi connectivity index (χ3n) is 8.62. The highest BCUT2D eigenvalue weighted by Crippen LogP contribution is 2.55. The van der Waals surface area contributed by atoms with Crippen LogP contribution in [0.3, 0.4) is 0 Å². The van der Waals surface area contributed by atoms with E-state index in [9.17, 15) is 19.8 Å². The predicted octanol–water partition coefficient (Wildman–Crippen LogP) is 2.58. The monoisotopic (exact) mass is 545 g/mol. The molecule has 1 aliphatic carbocycles. The lowest BCUT2D eigenvalue weighted by atomic mass is 9.77. The molecule has 0 amide bonds. The maximum atomic E-state index is 13.8. The summed E-state index contributed by atoms with van der Waals surface area (Å²) < 4.78 is 28.1. The summed E-state index contributed by atoms with van der Waals surface area (Å²) in [6.07, 6.45) is 3.94. The Balaban J connectivity index is 1.50. The highest BCUT2D eigenvalue weighted by Gasteiger charge is 2.59. The van der Waals surface area contributed by atoms with Crippen molar-refractivity contribution in [3.63, 3.8) is 0 Å². The van der Waals surface area contributed by atoms with E-state index in [1.54, 1.807) is 21.0 Å². The van der Waals surface area contributed by atoms with Crippen LogP contribution in [0.1, 0.15) is 69.4 Å². The molecule has 1 aromatic rings. The molecule has 1 fully saturated rings. The second kappa shape index (κ2) is 10.3. The number of hydrogen-bond acceptors (Lipinski definition) is 10. The van der Waals surface area contributed by atoms with E-state index in [-0.39, 0.29) is 19.1 Å². The summed E-state index contributed by atoms with van der Waals surface area (Å²) in [4.78, 5) is 28.4. The van der Waals surface area contributed by atoms with Crippen LogP contribution in [0.25, 0.3) is 0 Å². The van der Waals surface area contributed by atoms with Crippen molar-refractivity contribution in [3.05, 3.63) is 35.1 Å². The van der Waals surface area contributed by atoms with E-state index in [2.05, 4.69) is 11.0 Å². The molecule has 39 heavy (non-hydrogen) atoms. The molecule has 0 aromatic heterocycles. The molecule has 10 nitrogen and oxygen atoms in total. The van der Waals surface area contributed by atoms with Gasteiger partial charge in [0.15, 0.2) is 23.2 Å². The van der Waals surface area contributed by atoms with Gasteiger partial charge in [0.1, 0.15) is 5.76 Å². The first kappa shape index (κ1) is 27.7. The number of hydrogen-bond donors (Lipinski definition) is 2. The zero-order valence-electron chi connectivity index (χ0n) is 23.2. The van der Waals surface area contributed by atoms with Gasteiger partial charge in [0, 0.05) is 6.54 Å². The first-order chi connectivity index (χ1) is 18.5. The van der Waals surface area contributed by atoms with E-state index in [1.807, 2.05) is 12.1 Å². The Kier molecular flexibility index (Phi) is 7.32. The van der Waals surface area contributed by atoms with Crippen LogP contribution in [0.4, 0.5) is 0 Å². The van der Waals surface area contributed by atoms with E-state index in [0.29, 0.717) is 30.1 Å². The molecule has 0 saturated carbocycles. The molecular formula is C29H39NO9. The van der Waals surface area contributed by atoms with Crippen molar-refractivity contribution >= 4 is 11.9 Å². The number of methoxy groups -OCH3 is 2. The van der Waals surface area contributed by atoms with Gasteiger partial charge >= 0.3 is 11.9 Å². The van der Waals surface area contributed by atoms with E-state index < -0.39 is 41.2 Å². The molecule has 0 radical (unpaired) electrons. The fourth-order valence-electron chi connectivity index (χ4n) is 6.71. The van der Waals surface area contributed by atoms with Crippen molar-refractivity contribution in [2.45, 2.75) is 87.6 Å². The van der Waals surface area contributed by atoms with Crippen molar-refractivity contribution < 1.29 is 43.5 Å². The summed E-state index contributed by atoms with van der Waals surface area (Å²) in [5.74, 6) is -0.0645. The Labute approximate surface area is 228 Å². The number of esters is 2. The number of carbonyl (C=O) groups excluding carboxylic acids is 2. The fraction of sp³-hybridized carbons (Fsp3) is 0.655. The van der Waals surface area contributed by atoms with Crippen LogP contribution in [0.5, 0.6) is 11.5 Å². The highest BCUT2D eigenvalue weighted by molar-refractivity contribution is 5.86. The average Bonchev–Trinajstić information content (AvgIpc) is 3.56. The molecule has 3 aliphatic heterocycles. The van der Waals surface area contributed by atoms with Crippen LogP contribution < -0.4 is 9.47 Å². The van der Waals surface area contributed by atoms with Gasteiger partial charge in [0.05, 0.1) is 37.7 Å². The molecule has 10 heteroatoms. The smallest absolute Gasteiger partial charge is 0.339 e. The van der Waals surface area contributed by atoms with Crippen molar-refractivity contribution in [1.82, 2.24) is 4.90 Å². The Hall–Kier alpha value is -2.82. The van der Waals surface area contributed by atoms with Crippen molar-refractivity contribution in [2.75, 3.05) is 34.1 Å². The summed E-state index contributed by atoms with van der Waals surface area (Å²) in [5.41, 5.74) is -1.42. The van der Waals surface area contributed by atoms with Gasteiger partial charge in [-0.25, -0.2) is 4.79 Å². The summed E-state index contributed by atoms with van der Waals surface area (Å²) >= 11 is 0. The van der Waals surface area contributed by atoms with Crippen LogP contribution in [0.15, 0.2) is 24.0 Å². The van der Waals surface area contributed by atoms with Gasteiger partial charge in [0.25, 0.3) is 0 Å². The normalized spacial score (nSPS) is 27.0. The third kappa shape index (κ3) is 5.10. The highest BCUT2D eigenvalue weighted by atomic mass is 16.7. The van der Waals surface area contributed by atoms with Crippen LogP contribution in [-0.2, 0) is 30.2 Å². The zero-order chi connectivity index (χ0) is 28.0. The number of carbonyl (C=O) groups is 2. The van der Waals surface area contributed by atoms with E-state index >= 15 is 0 Å². The second-order valence-electron chi connectivity index (χ2n) is 11.7. The molecule has 1 saturated heterocycles. The summed E-state index contributed by atoms with van der Waals surface area (Å²) in [6.45, 7) is 5.21. The largest absolute Gasteiger partial charge is 0.497 e. The lowest BCUT2D eigenvalue weighted by molar-refractivity contribution is -0.178. The molecule has 2 N–H and O–H groups in total. The second-order valence-corrected chi connectivity index (χ2v) is 11.7. The first-order valence-corrected chi connectivity index (χ1v) is 13.7. The van der Waals surface area contributed by atoms with Crippen molar-refractivity contribution in [2.24, 2.45) is 0 Å². The van der Waals surface area contributed by atoms with Gasteiger partial charge in [-0.2, -0.15) is 0 Å². The number of ether oxygens (including phenoxy) is 5.